The first kappa shape index (κ1) is 16.7. The molecule has 1 rings (SSSR count). The van der Waals surface area contributed by atoms with Crippen molar-refractivity contribution < 1.29 is 23.1 Å². The van der Waals surface area contributed by atoms with Gasteiger partial charge in [-0.3, -0.25) is 4.79 Å². The molecule has 0 saturated carbocycles. The van der Waals surface area contributed by atoms with E-state index in [0.29, 0.717) is 0 Å². The van der Waals surface area contributed by atoms with Gasteiger partial charge in [-0.05, 0) is 24.6 Å². The van der Waals surface area contributed by atoms with E-state index in [1.807, 2.05) is 0 Å². The van der Waals surface area contributed by atoms with Crippen molar-refractivity contribution in [2.45, 2.75) is 25.1 Å². The van der Waals surface area contributed by atoms with Crippen LogP contribution in [0.25, 0.3) is 0 Å². The third kappa shape index (κ3) is 3.81. The zero-order valence-electron chi connectivity index (χ0n) is 10.5. The molecule has 1 aromatic carbocycles. The van der Waals surface area contributed by atoms with Crippen LogP contribution in [0.1, 0.15) is 23.6 Å². The number of ketones is 1. The highest BCUT2D eigenvalue weighted by molar-refractivity contribution is 9.09. The summed E-state index contributed by atoms with van der Waals surface area (Å²) in [4.78, 5) is 11.8. The topological polar surface area (TPSA) is 61.1 Å². The van der Waals surface area contributed by atoms with Gasteiger partial charge in [-0.1, -0.05) is 22.0 Å². The van der Waals surface area contributed by atoms with Crippen LogP contribution < -0.4 is 0 Å². The van der Waals surface area contributed by atoms with Crippen molar-refractivity contribution in [1.29, 1.82) is 5.26 Å². The number of alkyl halides is 4. The Bertz CT molecular complexity index is 562. The maximum atomic E-state index is 12.8. The number of halogens is 4. The third-order valence-electron chi connectivity index (χ3n) is 2.74. The predicted octanol–water partition coefficient (Wildman–Crippen LogP) is 2.83. The lowest BCUT2D eigenvalue weighted by Crippen LogP contribution is -2.38. The fourth-order valence-electron chi connectivity index (χ4n) is 1.48. The number of hydrogen-bond acceptors (Lipinski definition) is 3. The molecule has 3 nitrogen and oxygen atoms in total. The number of nitriles is 1. The number of hydrogen-bond donors (Lipinski definition) is 1. The van der Waals surface area contributed by atoms with Crippen LogP contribution in [0.3, 0.4) is 0 Å². The molecule has 7 heteroatoms. The van der Waals surface area contributed by atoms with Crippen LogP contribution in [0.2, 0.25) is 0 Å². The lowest BCUT2D eigenvalue weighted by atomic mass is 9.95. The second kappa shape index (κ2) is 5.94. The second-order valence-corrected chi connectivity index (χ2v) is 5.06. The summed E-state index contributed by atoms with van der Waals surface area (Å²) in [5.74, 6) is -0.604. The highest BCUT2D eigenvalue weighted by Gasteiger charge is 2.34. The molecule has 0 aliphatic carbocycles. The zero-order chi connectivity index (χ0) is 15.6. The van der Waals surface area contributed by atoms with Gasteiger partial charge in [0.1, 0.15) is 5.60 Å². The minimum Gasteiger partial charge on any atom is -0.381 e. The van der Waals surface area contributed by atoms with Crippen LogP contribution >= 0.6 is 15.9 Å². The van der Waals surface area contributed by atoms with Gasteiger partial charge < -0.3 is 5.11 Å². The summed E-state index contributed by atoms with van der Waals surface area (Å²) in [6.07, 6.45) is -5.00. The zero-order valence-corrected chi connectivity index (χ0v) is 12.0. The monoisotopic (exact) mass is 349 g/mol. The van der Waals surface area contributed by atoms with Gasteiger partial charge in [0.15, 0.2) is 5.78 Å². The Balaban J connectivity index is 3.12. The summed E-state index contributed by atoms with van der Waals surface area (Å²) in [6, 6.07) is 4.52. The molecule has 108 valence electrons. The summed E-state index contributed by atoms with van der Waals surface area (Å²) in [5, 5.41) is 18.4. The Morgan fingerprint density at radius 1 is 1.45 bits per heavy atom. The highest BCUT2D eigenvalue weighted by Crippen LogP contribution is 2.32. The van der Waals surface area contributed by atoms with Gasteiger partial charge in [0.25, 0.3) is 0 Å². The van der Waals surface area contributed by atoms with E-state index >= 15 is 0 Å². The molecule has 1 N–H and O–H groups in total. The first-order valence-electron chi connectivity index (χ1n) is 5.53. The number of carbonyl (C=O) groups excluding carboxylic acids is 1. The van der Waals surface area contributed by atoms with E-state index in [1.54, 1.807) is 0 Å². The van der Waals surface area contributed by atoms with Crippen LogP contribution in [-0.2, 0) is 17.4 Å². The van der Waals surface area contributed by atoms with Gasteiger partial charge in [-0.25, -0.2) is 0 Å². The molecule has 0 bridgehead atoms. The molecular formula is C13H11BrF3NO2. The van der Waals surface area contributed by atoms with Crippen LogP contribution in [-0.4, -0.2) is 21.8 Å². The summed E-state index contributed by atoms with van der Waals surface area (Å²) < 4.78 is 38.3. The summed E-state index contributed by atoms with van der Waals surface area (Å²) in [7, 11) is 0. The highest BCUT2D eigenvalue weighted by atomic mass is 79.9. The van der Waals surface area contributed by atoms with Crippen molar-refractivity contribution in [3.8, 4) is 6.07 Å². The third-order valence-corrected chi connectivity index (χ3v) is 3.83. The molecule has 0 saturated heterocycles. The van der Waals surface area contributed by atoms with E-state index < -0.39 is 28.7 Å². The van der Waals surface area contributed by atoms with Gasteiger partial charge >= 0.3 is 6.18 Å². The number of aliphatic hydroxyl groups is 1. The first-order chi connectivity index (χ1) is 9.11. The molecule has 1 aromatic rings. The van der Waals surface area contributed by atoms with E-state index in [1.165, 1.54) is 19.1 Å². The number of nitrogens with zero attached hydrogens (tertiary/aromatic N) is 1. The van der Waals surface area contributed by atoms with Crippen LogP contribution in [0.4, 0.5) is 13.2 Å². The maximum Gasteiger partial charge on any atom is 0.417 e. The Labute approximate surface area is 122 Å². The molecule has 0 radical (unpaired) electrons. The molecule has 20 heavy (non-hydrogen) atoms. The number of carbonyl (C=O) groups is 1. The molecule has 1 atom stereocenters. The van der Waals surface area contributed by atoms with Crippen molar-refractivity contribution in [3.63, 3.8) is 0 Å². The average molecular weight is 350 g/mol. The van der Waals surface area contributed by atoms with Gasteiger partial charge in [0.05, 0.1) is 17.2 Å². The lowest BCUT2D eigenvalue weighted by Gasteiger charge is -2.19. The van der Waals surface area contributed by atoms with Gasteiger partial charge in [0.2, 0.25) is 0 Å². The van der Waals surface area contributed by atoms with Crippen molar-refractivity contribution in [2.75, 3.05) is 5.33 Å². The normalized spacial score (nSPS) is 14.4. The molecule has 0 spiro atoms. The van der Waals surface area contributed by atoms with E-state index in [9.17, 15) is 23.1 Å². The van der Waals surface area contributed by atoms with E-state index in [2.05, 4.69) is 15.9 Å². The van der Waals surface area contributed by atoms with Gasteiger partial charge in [-0.2, -0.15) is 18.4 Å². The van der Waals surface area contributed by atoms with Crippen LogP contribution in [0.15, 0.2) is 18.2 Å². The van der Waals surface area contributed by atoms with Crippen LogP contribution in [0, 0.1) is 11.3 Å². The van der Waals surface area contributed by atoms with Crippen molar-refractivity contribution >= 4 is 21.7 Å². The molecule has 0 aromatic heterocycles. The van der Waals surface area contributed by atoms with Crippen molar-refractivity contribution in [3.05, 3.63) is 34.9 Å². The average Bonchev–Trinajstić information content (AvgIpc) is 2.37. The molecule has 0 fully saturated rings. The fourth-order valence-corrected chi connectivity index (χ4v) is 1.80. The minimum absolute atomic E-state index is 0.0127. The first-order valence-corrected chi connectivity index (χ1v) is 6.66. The van der Waals surface area contributed by atoms with Gasteiger partial charge in [-0.15, -0.1) is 0 Å². The smallest absolute Gasteiger partial charge is 0.381 e. The molecule has 0 aliphatic rings. The van der Waals surface area contributed by atoms with E-state index in [0.717, 1.165) is 12.1 Å². The molecule has 0 amide bonds. The molecule has 0 aliphatic heterocycles. The molecule has 0 heterocycles. The van der Waals surface area contributed by atoms with Gasteiger partial charge in [0, 0.05) is 11.8 Å². The number of benzene rings is 1. The summed E-state index contributed by atoms with van der Waals surface area (Å²) in [6.45, 7) is 1.28. The Morgan fingerprint density at radius 2 is 2.05 bits per heavy atom. The molecule has 0 unspecified atom stereocenters. The standard InChI is InChI=1S/C13H11BrF3NO2/c1-12(20,7-14)11(19)5-8-2-3-9(6-18)10(4-8)13(15,16)17/h2-4,20H,5,7H2,1H3/t12-/m0/s1. The van der Waals surface area contributed by atoms with Crippen molar-refractivity contribution in [2.24, 2.45) is 0 Å². The van der Waals surface area contributed by atoms with E-state index in [4.69, 9.17) is 5.26 Å². The minimum atomic E-state index is -4.66. The largest absolute Gasteiger partial charge is 0.417 e. The molecular weight excluding hydrogens is 339 g/mol. The predicted molar refractivity (Wildman–Crippen MR) is 69.3 cm³/mol. The van der Waals surface area contributed by atoms with Crippen LogP contribution in [0.5, 0.6) is 0 Å². The number of rotatable bonds is 4. The summed E-state index contributed by atoms with van der Waals surface area (Å²) in [5.41, 5.74) is -3.13. The Morgan fingerprint density at radius 3 is 2.50 bits per heavy atom. The Hall–Kier alpha value is -1.39. The Kier molecular flexibility index (Phi) is 4.95. The van der Waals surface area contributed by atoms with Crippen molar-refractivity contribution in [1.82, 2.24) is 0 Å². The SMILES string of the molecule is C[C@](O)(CBr)C(=O)Cc1ccc(C#N)c(C(F)(F)F)c1. The maximum absolute atomic E-state index is 12.8. The lowest BCUT2D eigenvalue weighted by molar-refractivity contribution is -0.138. The number of Topliss-reactive ketones (excluding diaryl/α,β-unsaturated/α-hetero) is 1. The fraction of sp³-hybridized carbons (Fsp3) is 0.385. The summed E-state index contributed by atoms with van der Waals surface area (Å²) >= 11 is 2.96. The second-order valence-electron chi connectivity index (χ2n) is 4.50. The quantitative estimate of drug-likeness (QED) is 0.850. The van der Waals surface area contributed by atoms with E-state index in [-0.39, 0.29) is 17.3 Å².